The Bertz CT molecular complexity index is 1170. The smallest absolute Gasteiger partial charge is 0.234 e. The van der Waals surface area contributed by atoms with Crippen LogP contribution in [0.5, 0.6) is 0 Å². The number of rotatable bonds is 5. The molecule has 1 fully saturated rings. The topological polar surface area (TPSA) is 95.9 Å². The zero-order valence-electron chi connectivity index (χ0n) is 16.6. The van der Waals surface area contributed by atoms with Gasteiger partial charge in [0, 0.05) is 21.4 Å². The zero-order valence-corrected chi connectivity index (χ0v) is 19.8. The fourth-order valence-corrected chi connectivity index (χ4v) is 6.70. The largest absolute Gasteiger partial charge is 0.325 e. The van der Waals surface area contributed by atoms with Crippen molar-refractivity contribution in [2.45, 2.75) is 19.0 Å². The molecule has 2 aromatic carbocycles. The number of Topliss-reactive ketones (excluding diaryl/α,β-unsaturated/α-hetero) is 1. The number of fused-ring (bicyclic) bond motifs is 1. The Morgan fingerprint density at radius 2 is 1.94 bits per heavy atom. The van der Waals surface area contributed by atoms with E-state index in [-0.39, 0.29) is 41.0 Å². The highest BCUT2D eigenvalue weighted by molar-refractivity contribution is 9.10. The second-order valence-electron chi connectivity index (χ2n) is 7.44. The van der Waals surface area contributed by atoms with Crippen molar-refractivity contribution in [3.63, 3.8) is 0 Å². The van der Waals surface area contributed by atoms with Crippen LogP contribution in [0.25, 0.3) is 0 Å². The van der Waals surface area contributed by atoms with Crippen molar-refractivity contribution in [3.05, 3.63) is 58.6 Å². The van der Waals surface area contributed by atoms with Crippen molar-refractivity contribution in [3.8, 4) is 0 Å². The minimum atomic E-state index is -3.18. The number of nitrogens with one attached hydrogen (secondary N) is 1. The summed E-state index contributed by atoms with van der Waals surface area (Å²) in [6.07, 6.45) is 0. The normalized spacial score (nSPS) is 21.5. The first-order chi connectivity index (χ1) is 14.7. The van der Waals surface area contributed by atoms with Crippen LogP contribution < -0.4 is 10.2 Å². The first-order valence-electron chi connectivity index (χ1n) is 9.58. The standard InChI is InChI=1S/C21H20BrN3O4S2/c1-13(26)14-3-2-4-17(9-14)25-19-12-31(28,29)11-18(19)24-21(25)30-10-20(27)23-16-7-5-15(22)6-8-16/h2-9,18-19H,10-12H2,1H3,(H,23,27). The second-order valence-corrected chi connectivity index (χ2v) is 11.5. The van der Waals surface area contributed by atoms with Gasteiger partial charge in [0.05, 0.1) is 29.3 Å². The summed E-state index contributed by atoms with van der Waals surface area (Å²) in [5, 5.41) is 3.43. The Labute approximate surface area is 193 Å². The highest BCUT2D eigenvalue weighted by Gasteiger charge is 2.47. The van der Waals surface area contributed by atoms with Gasteiger partial charge in [0.2, 0.25) is 5.91 Å². The molecule has 0 saturated carbocycles. The molecule has 0 aliphatic carbocycles. The lowest BCUT2D eigenvalue weighted by molar-refractivity contribution is -0.113. The van der Waals surface area contributed by atoms with Gasteiger partial charge < -0.3 is 10.2 Å². The van der Waals surface area contributed by atoms with Gasteiger partial charge in [-0.25, -0.2) is 8.42 Å². The first kappa shape index (κ1) is 22.0. The maximum atomic E-state index is 12.4. The summed E-state index contributed by atoms with van der Waals surface area (Å²) in [5.41, 5.74) is 1.94. The number of benzene rings is 2. The molecule has 10 heteroatoms. The number of nitrogens with zero attached hydrogens (tertiary/aromatic N) is 2. The van der Waals surface area contributed by atoms with E-state index >= 15 is 0 Å². The summed E-state index contributed by atoms with van der Waals surface area (Å²) in [5.74, 6) is -0.130. The second kappa shape index (κ2) is 8.76. The molecule has 7 nitrogen and oxygen atoms in total. The number of carbonyl (C=O) groups is 2. The van der Waals surface area contributed by atoms with E-state index in [0.29, 0.717) is 22.1 Å². The molecule has 162 valence electrons. The Hall–Kier alpha value is -2.17. The number of sulfone groups is 1. The van der Waals surface area contributed by atoms with Gasteiger partial charge in [-0.1, -0.05) is 39.8 Å². The van der Waals surface area contributed by atoms with Crippen molar-refractivity contribution in [2.75, 3.05) is 27.5 Å². The van der Waals surface area contributed by atoms with Crippen LogP contribution in [0.15, 0.2) is 58.0 Å². The molecule has 4 rings (SSSR count). The van der Waals surface area contributed by atoms with E-state index in [1.165, 1.54) is 18.7 Å². The third-order valence-electron chi connectivity index (χ3n) is 5.10. The van der Waals surface area contributed by atoms with Crippen molar-refractivity contribution in [1.82, 2.24) is 0 Å². The quantitative estimate of drug-likeness (QED) is 0.606. The van der Waals surface area contributed by atoms with Gasteiger partial charge in [-0.15, -0.1) is 0 Å². The molecule has 2 unspecified atom stereocenters. The first-order valence-corrected chi connectivity index (χ1v) is 13.2. The molecule has 2 aliphatic rings. The van der Waals surface area contributed by atoms with Crippen LogP contribution in [-0.4, -0.2) is 54.6 Å². The van der Waals surface area contributed by atoms with Crippen molar-refractivity contribution in [1.29, 1.82) is 0 Å². The number of amidine groups is 1. The third-order valence-corrected chi connectivity index (χ3v) is 8.29. The number of aliphatic imine (C=N–C) groups is 1. The van der Waals surface area contributed by atoms with Crippen LogP contribution in [0.1, 0.15) is 17.3 Å². The number of anilines is 2. The lowest BCUT2D eigenvalue weighted by Gasteiger charge is -2.26. The molecule has 1 amide bonds. The van der Waals surface area contributed by atoms with Gasteiger partial charge in [0.25, 0.3) is 0 Å². The van der Waals surface area contributed by atoms with Crippen LogP contribution in [-0.2, 0) is 14.6 Å². The molecule has 2 heterocycles. The molecule has 31 heavy (non-hydrogen) atoms. The van der Waals surface area contributed by atoms with E-state index in [4.69, 9.17) is 0 Å². The van der Waals surface area contributed by atoms with Crippen LogP contribution in [0.4, 0.5) is 11.4 Å². The van der Waals surface area contributed by atoms with E-state index in [1.807, 2.05) is 23.1 Å². The summed E-state index contributed by atoms with van der Waals surface area (Å²) in [6.45, 7) is 1.49. The summed E-state index contributed by atoms with van der Waals surface area (Å²) >= 11 is 4.62. The molecule has 1 saturated heterocycles. The maximum Gasteiger partial charge on any atom is 0.234 e. The number of amides is 1. The molecule has 0 bridgehead atoms. The van der Waals surface area contributed by atoms with Gasteiger partial charge in [-0.05, 0) is 43.3 Å². The van der Waals surface area contributed by atoms with Crippen LogP contribution in [0.3, 0.4) is 0 Å². The number of thioether (sulfide) groups is 1. The number of halogens is 1. The van der Waals surface area contributed by atoms with Crippen LogP contribution in [0.2, 0.25) is 0 Å². The molecule has 2 aliphatic heterocycles. The van der Waals surface area contributed by atoms with Crippen molar-refractivity contribution in [2.24, 2.45) is 4.99 Å². The highest BCUT2D eigenvalue weighted by atomic mass is 79.9. The Morgan fingerprint density at radius 1 is 1.19 bits per heavy atom. The molecule has 2 atom stereocenters. The van der Waals surface area contributed by atoms with Gasteiger partial charge >= 0.3 is 0 Å². The average Bonchev–Trinajstić information content (AvgIpc) is 3.19. The predicted octanol–water partition coefficient (Wildman–Crippen LogP) is 3.37. The van der Waals surface area contributed by atoms with Gasteiger partial charge in [0.1, 0.15) is 0 Å². The van der Waals surface area contributed by atoms with E-state index in [9.17, 15) is 18.0 Å². The van der Waals surface area contributed by atoms with E-state index < -0.39 is 9.84 Å². The number of carbonyl (C=O) groups excluding carboxylic acids is 2. The minimum absolute atomic E-state index is 0.000610. The molecular formula is C21H20BrN3O4S2. The molecule has 2 aromatic rings. The molecule has 1 N–H and O–H groups in total. The van der Waals surface area contributed by atoms with Gasteiger partial charge in [-0.3, -0.25) is 14.6 Å². The van der Waals surface area contributed by atoms with Crippen molar-refractivity contribution < 1.29 is 18.0 Å². The Kier molecular flexibility index (Phi) is 6.23. The van der Waals surface area contributed by atoms with Crippen LogP contribution >= 0.6 is 27.7 Å². The third kappa shape index (κ3) is 5.02. The lowest BCUT2D eigenvalue weighted by Crippen LogP contribution is -2.39. The predicted molar refractivity (Wildman–Crippen MR) is 128 cm³/mol. The fourth-order valence-electron chi connectivity index (χ4n) is 3.67. The number of hydrogen-bond acceptors (Lipinski definition) is 7. The van der Waals surface area contributed by atoms with Gasteiger partial charge in [-0.2, -0.15) is 0 Å². The lowest BCUT2D eigenvalue weighted by atomic mass is 10.1. The summed E-state index contributed by atoms with van der Waals surface area (Å²) in [7, 11) is -3.18. The fraction of sp³-hybridized carbons (Fsp3) is 0.286. The molecule has 0 spiro atoms. The molecule has 0 aromatic heterocycles. The SMILES string of the molecule is CC(=O)c1cccc(N2C(SCC(=O)Nc3ccc(Br)cc3)=NC3CS(=O)(=O)CC32)c1. The average molecular weight is 522 g/mol. The summed E-state index contributed by atoms with van der Waals surface area (Å²) in [4.78, 5) is 30.7. The summed E-state index contributed by atoms with van der Waals surface area (Å²) < 4.78 is 25.3. The minimum Gasteiger partial charge on any atom is -0.325 e. The Balaban J connectivity index is 1.53. The number of ketones is 1. The Morgan fingerprint density at radius 3 is 2.65 bits per heavy atom. The van der Waals surface area contributed by atoms with E-state index in [0.717, 1.165) is 4.47 Å². The number of hydrogen-bond donors (Lipinski definition) is 1. The van der Waals surface area contributed by atoms with E-state index in [2.05, 4.69) is 26.2 Å². The van der Waals surface area contributed by atoms with Crippen molar-refractivity contribution >= 4 is 65.8 Å². The van der Waals surface area contributed by atoms with Crippen LogP contribution in [0, 0.1) is 0 Å². The summed E-state index contributed by atoms with van der Waals surface area (Å²) in [6, 6.07) is 13.7. The van der Waals surface area contributed by atoms with Gasteiger partial charge in [0.15, 0.2) is 20.8 Å². The highest BCUT2D eigenvalue weighted by Crippen LogP contribution is 2.35. The monoisotopic (exact) mass is 521 g/mol. The maximum absolute atomic E-state index is 12.4. The zero-order chi connectivity index (χ0) is 22.2. The molecule has 0 radical (unpaired) electrons. The molecular weight excluding hydrogens is 502 g/mol. The van der Waals surface area contributed by atoms with E-state index in [1.54, 1.807) is 30.3 Å².